The number of nitrogens with two attached hydrogens (primary N) is 1. The van der Waals surface area contributed by atoms with E-state index >= 15 is 0 Å². The molecule has 0 aliphatic carbocycles. The highest BCUT2D eigenvalue weighted by molar-refractivity contribution is 5.97. The van der Waals surface area contributed by atoms with Crippen molar-refractivity contribution in [3.05, 3.63) is 33.9 Å². The van der Waals surface area contributed by atoms with E-state index < -0.39 is 29.0 Å². The molecule has 1 unspecified atom stereocenters. The molecule has 4 rings (SSSR count). The normalized spacial score (nSPS) is 22.7. The molecule has 3 atom stereocenters. The highest BCUT2D eigenvalue weighted by atomic mass is 19.1. The van der Waals surface area contributed by atoms with Gasteiger partial charge in [-0.15, -0.1) is 0 Å². The molecule has 1 aromatic heterocycles. The first kappa shape index (κ1) is 17.8. The molecule has 8 heteroatoms. The molecule has 7 nitrogen and oxygen atoms in total. The van der Waals surface area contributed by atoms with Crippen LogP contribution in [0.25, 0.3) is 10.9 Å². The molecule has 1 saturated heterocycles. The van der Waals surface area contributed by atoms with Gasteiger partial charge in [-0.25, -0.2) is 9.18 Å². The van der Waals surface area contributed by atoms with Gasteiger partial charge in [-0.2, -0.15) is 0 Å². The van der Waals surface area contributed by atoms with Gasteiger partial charge in [0.1, 0.15) is 18.0 Å². The number of halogens is 1. The lowest BCUT2D eigenvalue weighted by Gasteiger charge is -2.31. The highest BCUT2D eigenvalue weighted by Gasteiger charge is 2.33. The first-order valence-electron chi connectivity index (χ1n) is 9.08. The Morgan fingerprint density at radius 2 is 2.19 bits per heavy atom. The molecule has 144 valence electrons. The zero-order chi connectivity index (χ0) is 19.5. The zero-order valence-electron chi connectivity index (χ0n) is 15.2. The van der Waals surface area contributed by atoms with Crippen molar-refractivity contribution >= 4 is 22.6 Å². The van der Waals surface area contributed by atoms with Gasteiger partial charge >= 0.3 is 5.97 Å². The van der Waals surface area contributed by atoms with E-state index in [1.807, 2.05) is 11.8 Å². The molecule has 0 radical (unpaired) electrons. The maximum absolute atomic E-state index is 15.0. The lowest BCUT2D eigenvalue weighted by atomic mass is 10.0. The van der Waals surface area contributed by atoms with Crippen molar-refractivity contribution in [2.75, 3.05) is 24.6 Å². The predicted octanol–water partition coefficient (Wildman–Crippen LogP) is 1.97. The molecule has 1 fully saturated rings. The second-order valence-corrected chi connectivity index (χ2v) is 7.52. The van der Waals surface area contributed by atoms with Crippen molar-refractivity contribution in [2.24, 2.45) is 11.7 Å². The van der Waals surface area contributed by atoms with E-state index in [1.165, 1.54) is 10.6 Å². The summed E-state index contributed by atoms with van der Waals surface area (Å²) in [4.78, 5) is 26.2. The van der Waals surface area contributed by atoms with Crippen LogP contribution in [-0.4, -0.2) is 41.4 Å². The summed E-state index contributed by atoms with van der Waals surface area (Å²) >= 11 is 0. The van der Waals surface area contributed by atoms with Crippen molar-refractivity contribution < 1.29 is 19.0 Å². The Bertz CT molecular complexity index is 1000. The smallest absolute Gasteiger partial charge is 0.341 e. The van der Waals surface area contributed by atoms with Gasteiger partial charge in [0.15, 0.2) is 5.75 Å². The Morgan fingerprint density at radius 1 is 1.44 bits per heavy atom. The van der Waals surface area contributed by atoms with Gasteiger partial charge in [-0.3, -0.25) is 9.36 Å². The summed E-state index contributed by atoms with van der Waals surface area (Å²) in [6.07, 6.45) is 0.901. The molecule has 27 heavy (non-hydrogen) atoms. The number of pyridine rings is 1. The number of rotatable bonds is 3. The summed E-state index contributed by atoms with van der Waals surface area (Å²) in [5.74, 6) is -1.20. The first-order valence-corrected chi connectivity index (χ1v) is 9.08. The molecule has 0 saturated carbocycles. The van der Waals surface area contributed by atoms with Crippen LogP contribution in [-0.2, 0) is 0 Å². The van der Waals surface area contributed by atoms with Crippen molar-refractivity contribution in [3.63, 3.8) is 0 Å². The van der Waals surface area contributed by atoms with Gasteiger partial charge in [-0.05, 0) is 32.3 Å². The van der Waals surface area contributed by atoms with Crippen LogP contribution in [0.15, 0.2) is 16.9 Å². The number of aromatic nitrogens is 1. The minimum atomic E-state index is -1.37. The molecular formula is C19H22FN3O4. The third kappa shape index (κ3) is 2.66. The number of benzene rings is 1. The van der Waals surface area contributed by atoms with Gasteiger partial charge in [0.25, 0.3) is 5.56 Å². The Hall–Kier alpha value is -2.61. The van der Waals surface area contributed by atoms with E-state index in [0.717, 1.165) is 19.0 Å². The number of nitrogens with zero attached hydrogens (tertiary/aromatic N) is 2. The molecule has 2 aliphatic heterocycles. The number of anilines is 1. The Morgan fingerprint density at radius 3 is 2.81 bits per heavy atom. The lowest BCUT2D eigenvalue weighted by molar-refractivity contribution is 0.0694. The van der Waals surface area contributed by atoms with Crippen LogP contribution in [0.5, 0.6) is 5.75 Å². The maximum Gasteiger partial charge on any atom is 0.341 e. The molecular weight excluding hydrogens is 353 g/mol. The number of carboxylic acids is 1. The van der Waals surface area contributed by atoms with Crippen LogP contribution >= 0.6 is 0 Å². The van der Waals surface area contributed by atoms with Crippen molar-refractivity contribution in [2.45, 2.75) is 32.4 Å². The van der Waals surface area contributed by atoms with E-state index in [0.29, 0.717) is 29.4 Å². The summed E-state index contributed by atoms with van der Waals surface area (Å²) in [5, 5.41) is 9.41. The maximum atomic E-state index is 15.0. The van der Waals surface area contributed by atoms with Gasteiger partial charge in [-0.1, -0.05) is 0 Å². The summed E-state index contributed by atoms with van der Waals surface area (Å²) in [6, 6.07) is 2.12. The number of carboxylic acid groups (broad SMARTS) is 1. The lowest BCUT2D eigenvalue weighted by Crippen LogP contribution is -2.35. The first-order chi connectivity index (χ1) is 12.8. The van der Waals surface area contributed by atoms with Crippen molar-refractivity contribution in [1.82, 2.24) is 4.57 Å². The summed E-state index contributed by atoms with van der Waals surface area (Å²) in [5.41, 5.74) is 5.85. The molecule has 3 N–H and O–H groups in total. The Balaban J connectivity index is 1.97. The largest absolute Gasteiger partial charge is 0.487 e. The quantitative estimate of drug-likeness (QED) is 0.851. The topological polar surface area (TPSA) is 97.8 Å². The van der Waals surface area contributed by atoms with Crippen LogP contribution in [0.3, 0.4) is 0 Å². The molecule has 2 aliphatic rings. The van der Waals surface area contributed by atoms with Crippen molar-refractivity contribution in [1.29, 1.82) is 0 Å². The number of hydrogen-bond acceptors (Lipinski definition) is 5. The molecule has 2 aromatic rings. The van der Waals surface area contributed by atoms with Crippen LogP contribution in [0, 0.1) is 11.7 Å². The van der Waals surface area contributed by atoms with Crippen molar-refractivity contribution in [3.8, 4) is 5.75 Å². The van der Waals surface area contributed by atoms with E-state index in [9.17, 15) is 19.1 Å². The minimum absolute atomic E-state index is 0.0360. The molecule has 0 amide bonds. The van der Waals surface area contributed by atoms with Gasteiger partial charge in [0, 0.05) is 30.6 Å². The number of aromatic carboxylic acids is 1. The number of ether oxygens (including phenoxy) is 1. The van der Waals surface area contributed by atoms with E-state index in [2.05, 4.69) is 0 Å². The van der Waals surface area contributed by atoms with Crippen LogP contribution in [0.2, 0.25) is 0 Å². The number of carbonyl (C=O) groups is 1. The standard InChI is InChI=1S/C19H22FN3O4/c1-9-8-27-17-15(22-4-3-11(7-22)10(2)21)6-14(20)12-5-13(19(25)26)18(24)23(9)16(12)17/h5-6,9-11H,3-4,7-8,21H2,1-2H3,(H,25,26)/t9-,10?,11+/m0/s1. The monoisotopic (exact) mass is 375 g/mol. The second-order valence-electron chi connectivity index (χ2n) is 7.52. The van der Waals surface area contributed by atoms with E-state index in [-0.39, 0.29) is 18.0 Å². The van der Waals surface area contributed by atoms with Crippen LogP contribution in [0.1, 0.15) is 36.7 Å². The number of hydrogen-bond donors (Lipinski definition) is 2. The van der Waals surface area contributed by atoms with Gasteiger partial charge in [0.2, 0.25) is 0 Å². The average Bonchev–Trinajstić information content (AvgIpc) is 3.10. The zero-order valence-corrected chi connectivity index (χ0v) is 15.2. The third-order valence-corrected chi connectivity index (χ3v) is 5.65. The summed E-state index contributed by atoms with van der Waals surface area (Å²) in [6.45, 7) is 5.34. The SMILES string of the molecule is CC(N)[C@@H]1CCN(c2cc(F)c3cc(C(=O)O)c(=O)n4c3c2OC[C@@H]4C)C1. The second kappa shape index (κ2) is 6.23. The minimum Gasteiger partial charge on any atom is -0.487 e. The predicted molar refractivity (Wildman–Crippen MR) is 99.3 cm³/mol. The fraction of sp³-hybridized carbons (Fsp3) is 0.474. The van der Waals surface area contributed by atoms with E-state index in [1.54, 1.807) is 6.92 Å². The summed E-state index contributed by atoms with van der Waals surface area (Å²) in [7, 11) is 0. The van der Waals surface area contributed by atoms with Gasteiger partial charge in [0.05, 0.1) is 17.2 Å². The Kier molecular flexibility index (Phi) is 4.10. The highest BCUT2D eigenvalue weighted by Crippen LogP contribution is 2.42. The van der Waals surface area contributed by atoms with Crippen LogP contribution in [0.4, 0.5) is 10.1 Å². The third-order valence-electron chi connectivity index (χ3n) is 5.65. The Labute approximate surface area is 155 Å². The van der Waals surface area contributed by atoms with Gasteiger partial charge < -0.3 is 20.5 Å². The molecule has 3 heterocycles. The fourth-order valence-corrected chi connectivity index (χ4v) is 4.10. The van der Waals surface area contributed by atoms with Crippen LogP contribution < -0.4 is 20.9 Å². The molecule has 0 bridgehead atoms. The molecule has 0 spiro atoms. The van der Waals surface area contributed by atoms with E-state index in [4.69, 9.17) is 10.5 Å². The molecule has 1 aromatic carbocycles. The summed E-state index contributed by atoms with van der Waals surface area (Å²) < 4.78 is 22.2. The average molecular weight is 375 g/mol. The fourth-order valence-electron chi connectivity index (χ4n) is 4.10.